The van der Waals surface area contributed by atoms with Crippen molar-refractivity contribution >= 4 is 23.1 Å². The molecule has 0 amide bonds. The number of ketones is 1. The molecule has 0 saturated carbocycles. The van der Waals surface area contributed by atoms with E-state index in [9.17, 15) is 4.79 Å². The molecule has 0 atom stereocenters. The van der Waals surface area contributed by atoms with E-state index in [1.165, 1.54) is 24.7 Å². The number of hydrogen-bond donors (Lipinski definition) is 1. The van der Waals surface area contributed by atoms with Crippen LogP contribution in [0.25, 0.3) is 0 Å². The largest absolute Gasteiger partial charge is 0.398 e. The van der Waals surface area contributed by atoms with Crippen molar-refractivity contribution in [3.63, 3.8) is 0 Å². The smallest absolute Gasteiger partial charge is 0.196 e. The van der Waals surface area contributed by atoms with Crippen LogP contribution < -0.4 is 5.73 Å². The molecule has 0 unspecified atom stereocenters. The Kier molecular flexibility index (Phi) is 2.83. The molecule has 2 heterocycles. The SMILES string of the molecule is Nc1ccncc1C(=O)c1ccnc(Cl)c1. The van der Waals surface area contributed by atoms with Gasteiger partial charge in [0.1, 0.15) is 5.15 Å². The molecule has 2 aromatic heterocycles. The Balaban J connectivity index is 2.44. The lowest BCUT2D eigenvalue weighted by Gasteiger charge is -2.03. The molecule has 0 aliphatic carbocycles. The number of nitrogens with zero attached hydrogens (tertiary/aromatic N) is 2. The molecule has 0 fully saturated rings. The minimum absolute atomic E-state index is 0.213. The number of nitrogens with two attached hydrogens (primary N) is 1. The predicted molar refractivity (Wildman–Crippen MR) is 61.3 cm³/mol. The Hall–Kier alpha value is -1.94. The number of carbonyl (C=O) groups is 1. The lowest BCUT2D eigenvalue weighted by atomic mass is 10.1. The molecule has 0 aromatic carbocycles. The molecule has 0 aliphatic rings. The summed E-state index contributed by atoms with van der Waals surface area (Å²) in [7, 11) is 0. The number of hydrogen-bond acceptors (Lipinski definition) is 4. The van der Waals surface area contributed by atoms with Crippen LogP contribution in [0.4, 0.5) is 5.69 Å². The van der Waals surface area contributed by atoms with Gasteiger partial charge < -0.3 is 5.73 Å². The minimum Gasteiger partial charge on any atom is -0.398 e. The van der Waals surface area contributed by atoms with Gasteiger partial charge in [-0.05, 0) is 18.2 Å². The normalized spacial score (nSPS) is 10.1. The third-order valence-corrected chi connectivity index (χ3v) is 2.29. The van der Waals surface area contributed by atoms with E-state index in [0.717, 1.165) is 0 Å². The molecule has 16 heavy (non-hydrogen) atoms. The Morgan fingerprint density at radius 2 is 2.12 bits per heavy atom. The molecule has 0 saturated heterocycles. The van der Waals surface area contributed by atoms with Crippen molar-refractivity contribution in [1.82, 2.24) is 9.97 Å². The Morgan fingerprint density at radius 1 is 1.31 bits per heavy atom. The third-order valence-electron chi connectivity index (χ3n) is 2.09. The van der Waals surface area contributed by atoms with Gasteiger partial charge in [0.05, 0.1) is 5.56 Å². The first-order valence-corrected chi connectivity index (χ1v) is 4.92. The van der Waals surface area contributed by atoms with Crippen molar-refractivity contribution in [1.29, 1.82) is 0 Å². The second-order valence-electron chi connectivity index (χ2n) is 3.16. The van der Waals surface area contributed by atoms with Crippen LogP contribution in [0, 0.1) is 0 Å². The summed E-state index contributed by atoms with van der Waals surface area (Å²) < 4.78 is 0. The van der Waals surface area contributed by atoms with Crippen molar-refractivity contribution in [2.24, 2.45) is 0 Å². The number of aromatic nitrogens is 2. The van der Waals surface area contributed by atoms with E-state index in [0.29, 0.717) is 16.8 Å². The van der Waals surface area contributed by atoms with Gasteiger partial charge in [-0.3, -0.25) is 9.78 Å². The van der Waals surface area contributed by atoms with E-state index >= 15 is 0 Å². The van der Waals surface area contributed by atoms with Crippen molar-refractivity contribution in [2.45, 2.75) is 0 Å². The molecular weight excluding hydrogens is 226 g/mol. The number of nitrogen functional groups attached to an aromatic ring is 1. The summed E-state index contributed by atoms with van der Waals surface area (Å²) in [6.07, 6.45) is 4.44. The molecule has 0 spiro atoms. The van der Waals surface area contributed by atoms with Gasteiger partial charge in [0.2, 0.25) is 0 Å². The lowest BCUT2D eigenvalue weighted by molar-refractivity contribution is 0.103. The molecule has 0 bridgehead atoms. The van der Waals surface area contributed by atoms with Crippen LogP contribution in [0.1, 0.15) is 15.9 Å². The summed E-state index contributed by atoms with van der Waals surface area (Å²) in [6, 6.07) is 4.66. The lowest BCUT2D eigenvalue weighted by Crippen LogP contribution is -2.06. The Labute approximate surface area is 97.1 Å². The zero-order valence-electron chi connectivity index (χ0n) is 8.22. The molecular formula is C11H8ClN3O. The van der Waals surface area contributed by atoms with E-state index in [1.807, 2.05) is 0 Å². The van der Waals surface area contributed by atoms with Crippen molar-refractivity contribution in [3.8, 4) is 0 Å². The summed E-state index contributed by atoms with van der Waals surface area (Å²) in [5.41, 5.74) is 6.89. The first-order valence-electron chi connectivity index (χ1n) is 4.54. The van der Waals surface area contributed by atoms with Gasteiger partial charge in [-0.15, -0.1) is 0 Å². The molecule has 0 radical (unpaired) electrons. The zero-order chi connectivity index (χ0) is 11.5. The van der Waals surface area contributed by atoms with Gasteiger partial charge in [-0.1, -0.05) is 11.6 Å². The molecule has 0 aliphatic heterocycles. The highest BCUT2D eigenvalue weighted by atomic mass is 35.5. The fourth-order valence-corrected chi connectivity index (χ4v) is 1.47. The van der Waals surface area contributed by atoms with E-state index < -0.39 is 0 Å². The molecule has 5 heteroatoms. The third kappa shape index (κ3) is 2.01. The standard InChI is InChI=1S/C11H8ClN3O/c12-10-5-7(1-4-15-10)11(16)8-6-14-3-2-9(8)13/h1-6H,(H2,13,14). The number of carbonyl (C=O) groups excluding carboxylic acids is 1. The van der Waals surface area contributed by atoms with Crippen LogP contribution in [0.2, 0.25) is 5.15 Å². The van der Waals surface area contributed by atoms with Gasteiger partial charge in [-0.25, -0.2) is 4.98 Å². The fraction of sp³-hybridized carbons (Fsp3) is 0. The van der Waals surface area contributed by atoms with Crippen molar-refractivity contribution < 1.29 is 4.79 Å². The molecule has 2 rings (SSSR count). The highest BCUT2D eigenvalue weighted by molar-refractivity contribution is 6.30. The van der Waals surface area contributed by atoms with Gasteiger partial charge in [0, 0.05) is 29.8 Å². The average molecular weight is 234 g/mol. The summed E-state index contributed by atoms with van der Waals surface area (Å²) in [5, 5.41) is 0.272. The second kappa shape index (κ2) is 4.28. The zero-order valence-corrected chi connectivity index (χ0v) is 8.98. The highest BCUT2D eigenvalue weighted by Gasteiger charge is 2.12. The first-order chi connectivity index (χ1) is 7.68. The van der Waals surface area contributed by atoms with Gasteiger partial charge in [0.25, 0.3) is 0 Å². The molecule has 2 aromatic rings. The summed E-state index contributed by atoms with van der Waals surface area (Å²) in [6.45, 7) is 0. The second-order valence-corrected chi connectivity index (χ2v) is 3.55. The Morgan fingerprint density at radius 3 is 2.81 bits per heavy atom. The summed E-state index contributed by atoms with van der Waals surface area (Å²) in [5.74, 6) is -0.213. The van der Waals surface area contributed by atoms with Crippen LogP contribution in [0.5, 0.6) is 0 Å². The topological polar surface area (TPSA) is 68.9 Å². The highest BCUT2D eigenvalue weighted by Crippen LogP contribution is 2.16. The van der Waals surface area contributed by atoms with Gasteiger partial charge in [0.15, 0.2) is 5.78 Å². The van der Waals surface area contributed by atoms with Crippen LogP contribution >= 0.6 is 11.6 Å². The first kappa shape index (κ1) is 10.6. The van der Waals surface area contributed by atoms with E-state index in [-0.39, 0.29) is 10.9 Å². The van der Waals surface area contributed by atoms with Gasteiger partial charge in [-0.2, -0.15) is 0 Å². The summed E-state index contributed by atoms with van der Waals surface area (Å²) in [4.78, 5) is 19.7. The van der Waals surface area contributed by atoms with Crippen molar-refractivity contribution in [3.05, 3.63) is 53.1 Å². The van der Waals surface area contributed by atoms with Crippen LogP contribution in [-0.2, 0) is 0 Å². The fourth-order valence-electron chi connectivity index (χ4n) is 1.29. The van der Waals surface area contributed by atoms with E-state index in [2.05, 4.69) is 9.97 Å². The monoisotopic (exact) mass is 233 g/mol. The number of rotatable bonds is 2. The number of anilines is 1. The molecule has 4 nitrogen and oxygen atoms in total. The number of halogens is 1. The van der Waals surface area contributed by atoms with Crippen molar-refractivity contribution in [2.75, 3.05) is 5.73 Å². The van der Waals surface area contributed by atoms with Crippen LogP contribution in [0.3, 0.4) is 0 Å². The van der Waals surface area contributed by atoms with Crippen LogP contribution in [-0.4, -0.2) is 15.8 Å². The average Bonchev–Trinajstić information content (AvgIpc) is 2.29. The number of pyridine rings is 2. The predicted octanol–water partition coefficient (Wildman–Crippen LogP) is 1.94. The Bertz CT molecular complexity index is 542. The maximum absolute atomic E-state index is 12.0. The maximum atomic E-state index is 12.0. The van der Waals surface area contributed by atoms with Gasteiger partial charge >= 0.3 is 0 Å². The minimum atomic E-state index is -0.213. The molecule has 2 N–H and O–H groups in total. The van der Waals surface area contributed by atoms with E-state index in [4.69, 9.17) is 17.3 Å². The van der Waals surface area contributed by atoms with Crippen LogP contribution in [0.15, 0.2) is 36.8 Å². The maximum Gasteiger partial charge on any atom is 0.196 e. The molecule has 80 valence electrons. The van der Waals surface area contributed by atoms with E-state index in [1.54, 1.807) is 12.1 Å². The quantitative estimate of drug-likeness (QED) is 0.636. The summed E-state index contributed by atoms with van der Waals surface area (Å²) >= 11 is 5.71.